The molecule has 1 aliphatic carbocycles. The van der Waals surface area contributed by atoms with E-state index < -0.39 is 0 Å². The number of aromatic nitrogens is 2. The first-order chi connectivity index (χ1) is 15.5. The van der Waals surface area contributed by atoms with Crippen LogP contribution >= 0.6 is 11.6 Å². The van der Waals surface area contributed by atoms with Gasteiger partial charge < -0.3 is 15.0 Å². The molecule has 1 fully saturated rings. The van der Waals surface area contributed by atoms with Gasteiger partial charge in [-0.25, -0.2) is 9.97 Å². The highest BCUT2D eigenvalue weighted by atomic mass is 35.5. The lowest BCUT2D eigenvalue weighted by molar-refractivity contribution is -0.121. The van der Waals surface area contributed by atoms with E-state index >= 15 is 0 Å². The SMILES string of the molecule is COCCN(CCC(=O)N[C@H](C)c1ccccc1)c1nc(C2CC2)nc2cc(Cl)ccc12. The van der Waals surface area contributed by atoms with Crippen molar-refractivity contribution in [1.29, 1.82) is 0 Å². The molecule has 1 atom stereocenters. The van der Waals surface area contributed by atoms with E-state index in [4.69, 9.17) is 26.3 Å². The Balaban J connectivity index is 1.53. The molecular weight excluding hydrogens is 424 g/mol. The largest absolute Gasteiger partial charge is 0.383 e. The Labute approximate surface area is 194 Å². The maximum absolute atomic E-state index is 12.7. The molecule has 0 radical (unpaired) electrons. The maximum Gasteiger partial charge on any atom is 0.222 e. The van der Waals surface area contributed by atoms with Crippen LogP contribution in [-0.4, -0.2) is 42.7 Å². The second-order valence-electron chi connectivity index (χ2n) is 8.27. The average Bonchev–Trinajstić information content (AvgIpc) is 3.64. The first-order valence-electron chi connectivity index (χ1n) is 11.1. The number of carbonyl (C=O) groups is 1. The van der Waals surface area contributed by atoms with Crippen LogP contribution in [0.25, 0.3) is 10.9 Å². The van der Waals surface area contributed by atoms with E-state index in [-0.39, 0.29) is 11.9 Å². The van der Waals surface area contributed by atoms with Crippen molar-refractivity contribution in [3.05, 3.63) is 64.9 Å². The van der Waals surface area contributed by atoms with Gasteiger partial charge in [0.05, 0.1) is 18.2 Å². The number of nitrogens with zero attached hydrogens (tertiary/aromatic N) is 3. The number of benzene rings is 2. The summed E-state index contributed by atoms with van der Waals surface area (Å²) in [6.07, 6.45) is 2.59. The summed E-state index contributed by atoms with van der Waals surface area (Å²) < 4.78 is 5.34. The van der Waals surface area contributed by atoms with Gasteiger partial charge in [-0.05, 0) is 43.5 Å². The monoisotopic (exact) mass is 452 g/mol. The first kappa shape index (κ1) is 22.5. The summed E-state index contributed by atoms with van der Waals surface area (Å²) in [5.74, 6) is 2.12. The molecule has 1 aliphatic rings. The Hall–Kier alpha value is -2.70. The van der Waals surface area contributed by atoms with E-state index in [1.54, 1.807) is 7.11 Å². The Bertz CT molecular complexity index is 1070. The predicted octanol–water partition coefficient (Wildman–Crippen LogP) is 4.88. The number of ether oxygens (including phenoxy) is 1. The first-order valence-corrected chi connectivity index (χ1v) is 11.5. The number of fused-ring (bicyclic) bond motifs is 1. The summed E-state index contributed by atoms with van der Waals surface area (Å²) in [6, 6.07) is 15.6. The molecule has 0 bridgehead atoms. The number of anilines is 1. The standard InChI is InChI=1S/C25H29ClN4O2/c1-17(18-6-4-3-5-7-18)27-23(31)12-13-30(14-15-32-2)25-21-11-10-20(26)16-22(21)28-24(29-25)19-8-9-19/h3-7,10-11,16-17,19H,8-9,12-15H2,1-2H3,(H,27,31)/t17-/m1/s1. The fourth-order valence-electron chi connectivity index (χ4n) is 3.77. The highest BCUT2D eigenvalue weighted by Crippen LogP contribution is 2.40. The van der Waals surface area contributed by atoms with Crippen molar-refractivity contribution in [2.24, 2.45) is 0 Å². The number of rotatable bonds is 10. The van der Waals surface area contributed by atoms with Crippen LogP contribution in [0.3, 0.4) is 0 Å². The Kier molecular flexibility index (Phi) is 7.22. The van der Waals surface area contributed by atoms with Crippen LogP contribution in [0.2, 0.25) is 5.02 Å². The molecule has 0 spiro atoms. The molecule has 168 valence electrons. The van der Waals surface area contributed by atoms with Crippen molar-refractivity contribution < 1.29 is 9.53 Å². The molecule has 2 aromatic carbocycles. The molecule has 0 saturated heterocycles. The van der Waals surface area contributed by atoms with Crippen molar-refractivity contribution in [1.82, 2.24) is 15.3 Å². The predicted molar refractivity (Wildman–Crippen MR) is 128 cm³/mol. The number of amides is 1. The topological polar surface area (TPSA) is 67.3 Å². The fraction of sp³-hybridized carbons (Fsp3) is 0.400. The third-order valence-electron chi connectivity index (χ3n) is 5.75. The van der Waals surface area contributed by atoms with Crippen LogP contribution in [0.1, 0.15) is 49.5 Å². The summed E-state index contributed by atoms with van der Waals surface area (Å²) in [5, 5.41) is 4.69. The molecule has 0 aliphatic heterocycles. The van der Waals surface area contributed by atoms with E-state index in [1.165, 1.54) is 0 Å². The van der Waals surface area contributed by atoms with Gasteiger partial charge in [-0.1, -0.05) is 41.9 Å². The smallest absolute Gasteiger partial charge is 0.222 e. The molecule has 3 aromatic rings. The van der Waals surface area contributed by atoms with Gasteiger partial charge in [-0.3, -0.25) is 4.79 Å². The number of hydrogen-bond donors (Lipinski definition) is 1. The molecule has 1 amide bonds. The molecule has 7 heteroatoms. The Morgan fingerprint density at radius 2 is 1.97 bits per heavy atom. The number of carbonyl (C=O) groups excluding carboxylic acids is 1. The minimum Gasteiger partial charge on any atom is -0.383 e. The van der Waals surface area contributed by atoms with E-state index in [0.29, 0.717) is 37.1 Å². The van der Waals surface area contributed by atoms with Crippen LogP contribution in [0.15, 0.2) is 48.5 Å². The van der Waals surface area contributed by atoms with E-state index in [0.717, 1.165) is 41.0 Å². The van der Waals surface area contributed by atoms with Gasteiger partial charge in [0.2, 0.25) is 5.91 Å². The summed E-state index contributed by atoms with van der Waals surface area (Å²) in [4.78, 5) is 24.5. The zero-order valence-electron chi connectivity index (χ0n) is 18.6. The van der Waals surface area contributed by atoms with Crippen LogP contribution in [0.5, 0.6) is 0 Å². The van der Waals surface area contributed by atoms with Crippen molar-refractivity contribution >= 4 is 34.2 Å². The lowest BCUT2D eigenvalue weighted by atomic mass is 10.1. The average molecular weight is 453 g/mol. The zero-order chi connectivity index (χ0) is 22.5. The van der Waals surface area contributed by atoms with Crippen LogP contribution in [0, 0.1) is 0 Å². The molecule has 1 aromatic heterocycles. The second kappa shape index (κ2) is 10.3. The summed E-state index contributed by atoms with van der Waals surface area (Å²) in [6.45, 7) is 3.71. The van der Waals surface area contributed by atoms with Gasteiger partial charge in [0.15, 0.2) is 0 Å². The minimum atomic E-state index is -0.0420. The molecule has 1 saturated carbocycles. The maximum atomic E-state index is 12.7. The third-order valence-corrected chi connectivity index (χ3v) is 5.98. The van der Waals surface area contributed by atoms with E-state index in [9.17, 15) is 4.79 Å². The number of halogens is 1. The molecule has 4 rings (SSSR count). The van der Waals surface area contributed by atoms with Crippen LogP contribution in [0.4, 0.5) is 5.82 Å². The van der Waals surface area contributed by atoms with E-state index in [1.807, 2.05) is 55.5 Å². The molecule has 32 heavy (non-hydrogen) atoms. The fourth-order valence-corrected chi connectivity index (χ4v) is 3.94. The van der Waals surface area contributed by atoms with Crippen LogP contribution in [-0.2, 0) is 9.53 Å². The van der Waals surface area contributed by atoms with Gasteiger partial charge in [0.1, 0.15) is 11.6 Å². The number of hydrogen-bond acceptors (Lipinski definition) is 5. The molecule has 1 N–H and O–H groups in total. The second-order valence-corrected chi connectivity index (χ2v) is 8.71. The van der Waals surface area contributed by atoms with Gasteiger partial charge >= 0.3 is 0 Å². The molecule has 1 heterocycles. The molecular formula is C25H29ClN4O2. The molecule has 6 nitrogen and oxygen atoms in total. The van der Waals surface area contributed by atoms with Gasteiger partial charge in [-0.15, -0.1) is 0 Å². The van der Waals surface area contributed by atoms with Crippen molar-refractivity contribution in [2.45, 2.75) is 38.1 Å². The van der Waals surface area contributed by atoms with Crippen LogP contribution < -0.4 is 10.2 Å². The summed E-state index contributed by atoms with van der Waals surface area (Å²) >= 11 is 6.24. The highest BCUT2D eigenvalue weighted by Gasteiger charge is 2.28. The van der Waals surface area contributed by atoms with Crippen molar-refractivity contribution in [3.63, 3.8) is 0 Å². The molecule has 0 unspecified atom stereocenters. The lowest BCUT2D eigenvalue weighted by Gasteiger charge is -2.25. The Morgan fingerprint density at radius 1 is 1.19 bits per heavy atom. The summed E-state index contributed by atoms with van der Waals surface area (Å²) in [7, 11) is 1.68. The number of methoxy groups -OCH3 is 1. The summed E-state index contributed by atoms with van der Waals surface area (Å²) in [5.41, 5.74) is 1.93. The van der Waals surface area contributed by atoms with Crippen molar-refractivity contribution in [2.75, 3.05) is 31.7 Å². The van der Waals surface area contributed by atoms with E-state index in [2.05, 4.69) is 10.2 Å². The minimum absolute atomic E-state index is 0.00703. The number of nitrogens with one attached hydrogen (secondary N) is 1. The lowest BCUT2D eigenvalue weighted by Crippen LogP contribution is -2.34. The van der Waals surface area contributed by atoms with Gasteiger partial charge in [0.25, 0.3) is 0 Å². The van der Waals surface area contributed by atoms with Crippen molar-refractivity contribution in [3.8, 4) is 0 Å². The third kappa shape index (κ3) is 5.56. The quantitative estimate of drug-likeness (QED) is 0.474. The van der Waals surface area contributed by atoms with Gasteiger partial charge in [-0.2, -0.15) is 0 Å². The Morgan fingerprint density at radius 3 is 2.69 bits per heavy atom. The van der Waals surface area contributed by atoms with Gasteiger partial charge in [0, 0.05) is 42.9 Å². The zero-order valence-corrected chi connectivity index (χ0v) is 19.3. The highest BCUT2D eigenvalue weighted by molar-refractivity contribution is 6.31. The normalized spacial score (nSPS) is 14.3.